The second kappa shape index (κ2) is 7.25. The Bertz CT molecular complexity index is 508. The summed E-state index contributed by atoms with van der Waals surface area (Å²) in [5.41, 5.74) is 1.50. The third-order valence-electron chi connectivity index (χ3n) is 6.63. The monoisotopic (exact) mass is 315 g/mol. The van der Waals surface area contributed by atoms with Crippen molar-refractivity contribution in [3.63, 3.8) is 0 Å². The predicted octanol–water partition coefficient (Wildman–Crippen LogP) is 4.96. The largest absolute Gasteiger partial charge is 0.508 e. The Labute approximate surface area is 141 Å². The van der Waals surface area contributed by atoms with Gasteiger partial charge >= 0.3 is 0 Å². The summed E-state index contributed by atoms with van der Waals surface area (Å²) in [6.07, 6.45) is 9.90. The Kier molecular flexibility index (Phi) is 5.31. The van der Waals surface area contributed by atoms with E-state index in [0.29, 0.717) is 11.7 Å². The second-order valence-electron chi connectivity index (χ2n) is 8.21. The Morgan fingerprint density at radius 3 is 2.74 bits per heavy atom. The van der Waals surface area contributed by atoms with Gasteiger partial charge in [0.15, 0.2) is 0 Å². The Hall–Kier alpha value is -1.02. The summed E-state index contributed by atoms with van der Waals surface area (Å²) in [6.45, 7) is 8.42. The van der Waals surface area contributed by atoms with E-state index in [2.05, 4.69) is 24.8 Å². The molecule has 23 heavy (non-hydrogen) atoms. The molecule has 1 aliphatic heterocycles. The molecule has 1 saturated heterocycles. The quantitative estimate of drug-likeness (QED) is 0.830. The van der Waals surface area contributed by atoms with Crippen molar-refractivity contribution in [3.8, 4) is 5.75 Å². The van der Waals surface area contributed by atoms with Crippen molar-refractivity contribution in [2.24, 2.45) is 11.8 Å². The molecule has 2 heteroatoms. The smallest absolute Gasteiger partial charge is 0.115 e. The van der Waals surface area contributed by atoms with Gasteiger partial charge in [0, 0.05) is 6.54 Å². The van der Waals surface area contributed by atoms with Crippen LogP contribution in [0.1, 0.15) is 64.4 Å². The van der Waals surface area contributed by atoms with Gasteiger partial charge in [0.25, 0.3) is 0 Å². The van der Waals surface area contributed by atoms with Crippen molar-refractivity contribution in [3.05, 3.63) is 29.8 Å². The number of benzene rings is 1. The summed E-state index contributed by atoms with van der Waals surface area (Å²) in [5.74, 6) is 2.05. The molecule has 0 amide bonds. The lowest BCUT2D eigenvalue weighted by atomic mass is 9.68. The molecule has 2 fully saturated rings. The Balaban J connectivity index is 1.52. The van der Waals surface area contributed by atoms with Crippen molar-refractivity contribution in [1.29, 1.82) is 0 Å². The topological polar surface area (TPSA) is 23.5 Å². The fraction of sp³-hybridized carbons (Fsp3) is 0.714. The van der Waals surface area contributed by atoms with Gasteiger partial charge in [-0.15, -0.1) is 0 Å². The van der Waals surface area contributed by atoms with E-state index in [4.69, 9.17) is 0 Å². The average molecular weight is 316 g/mol. The third-order valence-corrected chi connectivity index (χ3v) is 6.63. The first-order valence-electron chi connectivity index (χ1n) is 9.60. The number of aromatic hydroxyl groups is 1. The van der Waals surface area contributed by atoms with Crippen LogP contribution in [0.3, 0.4) is 0 Å². The first-order chi connectivity index (χ1) is 11.1. The van der Waals surface area contributed by atoms with Gasteiger partial charge in [-0.1, -0.05) is 51.7 Å². The van der Waals surface area contributed by atoms with E-state index in [1.807, 2.05) is 12.1 Å². The zero-order valence-electron chi connectivity index (χ0n) is 14.9. The molecule has 1 saturated carbocycles. The van der Waals surface area contributed by atoms with Crippen LogP contribution >= 0.6 is 0 Å². The van der Waals surface area contributed by atoms with Gasteiger partial charge in [-0.3, -0.25) is 0 Å². The SMILES string of the molecule is C[C@@H]1CN(CCCC2CCCC2)CC[C@]1(C)c1cccc(O)c1. The molecule has 0 spiro atoms. The number of nitrogens with zero attached hydrogens (tertiary/aromatic N) is 1. The number of piperidine rings is 1. The highest BCUT2D eigenvalue weighted by Gasteiger charge is 2.37. The van der Waals surface area contributed by atoms with Gasteiger partial charge in [-0.05, 0) is 67.3 Å². The minimum absolute atomic E-state index is 0.195. The first-order valence-corrected chi connectivity index (χ1v) is 9.60. The molecule has 1 aromatic rings. The second-order valence-corrected chi connectivity index (χ2v) is 8.21. The van der Waals surface area contributed by atoms with Crippen LogP contribution in [0, 0.1) is 11.8 Å². The van der Waals surface area contributed by atoms with Crippen LogP contribution in [0.2, 0.25) is 0 Å². The van der Waals surface area contributed by atoms with Crippen molar-refractivity contribution in [2.45, 2.75) is 64.2 Å². The van der Waals surface area contributed by atoms with Crippen LogP contribution in [-0.2, 0) is 5.41 Å². The van der Waals surface area contributed by atoms with E-state index in [1.165, 1.54) is 70.1 Å². The highest BCUT2D eigenvalue weighted by Crippen LogP contribution is 2.40. The van der Waals surface area contributed by atoms with Crippen LogP contribution in [-0.4, -0.2) is 29.6 Å². The maximum atomic E-state index is 9.81. The summed E-state index contributed by atoms with van der Waals surface area (Å²) >= 11 is 0. The summed E-state index contributed by atoms with van der Waals surface area (Å²) in [5, 5.41) is 9.81. The predicted molar refractivity (Wildman–Crippen MR) is 96.9 cm³/mol. The molecular formula is C21H33NO. The highest BCUT2D eigenvalue weighted by molar-refractivity contribution is 5.33. The van der Waals surface area contributed by atoms with Crippen LogP contribution in [0.15, 0.2) is 24.3 Å². The van der Waals surface area contributed by atoms with Gasteiger partial charge in [0.2, 0.25) is 0 Å². The molecule has 1 N–H and O–H groups in total. The zero-order valence-corrected chi connectivity index (χ0v) is 14.9. The number of hydrogen-bond donors (Lipinski definition) is 1. The van der Waals surface area contributed by atoms with Crippen LogP contribution in [0.5, 0.6) is 5.75 Å². The number of phenols is 1. The normalized spacial score (nSPS) is 29.9. The average Bonchev–Trinajstić information content (AvgIpc) is 3.04. The lowest BCUT2D eigenvalue weighted by molar-refractivity contribution is 0.108. The van der Waals surface area contributed by atoms with Crippen LogP contribution in [0.25, 0.3) is 0 Å². The van der Waals surface area contributed by atoms with Crippen molar-refractivity contribution < 1.29 is 5.11 Å². The van der Waals surface area contributed by atoms with Crippen molar-refractivity contribution >= 4 is 0 Å². The fourth-order valence-electron chi connectivity index (χ4n) is 4.71. The van der Waals surface area contributed by atoms with E-state index in [1.54, 1.807) is 6.07 Å². The van der Waals surface area contributed by atoms with Gasteiger partial charge in [0.05, 0.1) is 0 Å². The van der Waals surface area contributed by atoms with E-state index < -0.39 is 0 Å². The Morgan fingerprint density at radius 1 is 1.26 bits per heavy atom. The van der Waals surface area contributed by atoms with Gasteiger partial charge < -0.3 is 10.0 Å². The lowest BCUT2D eigenvalue weighted by Gasteiger charge is -2.45. The molecular weight excluding hydrogens is 282 g/mol. The third kappa shape index (κ3) is 3.91. The van der Waals surface area contributed by atoms with Gasteiger partial charge in [-0.25, -0.2) is 0 Å². The van der Waals surface area contributed by atoms with E-state index in [-0.39, 0.29) is 5.41 Å². The van der Waals surface area contributed by atoms with Crippen molar-refractivity contribution in [1.82, 2.24) is 4.90 Å². The number of phenolic OH excluding ortho intramolecular Hbond substituents is 1. The number of likely N-dealkylation sites (tertiary alicyclic amines) is 1. The van der Waals surface area contributed by atoms with E-state index in [9.17, 15) is 5.11 Å². The molecule has 0 aromatic heterocycles. The van der Waals surface area contributed by atoms with E-state index >= 15 is 0 Å². The molecule has 3 rings (SSSR count). The lowest BCUT2D eigenvalue weighted by Crippen LogP contribution is -2.47. The maximum Gasteiger partial charge on any atom is 0.115 e. The van der Waals surface area contributed by atoms with E-state index in [0.717, 1.165) is 5.92 Å². The molecule has 0 radical (unpaired) electrons. The fourth-order valence-corrected chi connectivity index (χ4v) is 4.71. The molecule has 0 unspecified atom stereocenters. The van der Waals surface area contributed by atoms with Crippen LogP contribution in [0.4, 0.5) is 0 Å². The summed E-state index contributed by atoms with van der Waals surface area (Å²) in [7, 11) is 0. The van der Waals surface area contributed by atoms with Crippen LogP contribution < -0.4 is 0 Å². The molecule has 1 aliphatic carbocycles. The molecule has 2 atom stereocenters. The summed E-state index contributed by atoms with van der Waals surface area (Å²) in [6, 6.07) is 7.91. The molecule has 128 valence electrons. The van der Waals surface area contributed by atoms with Crippen molar-refractivity contribution in [2.75, 3.05) is 19.6 Å². The highest BCUT2D eigenvalue weighted by atomic mass is 16.3. The zero-order chi connectivity index (χ0) is 16.3. The molecule has 2 aliphatic rings. The first kappa shape index (κ1) is 16.8. The molecule has 2 nitrogen and oxygen atoms in total. The number of hydrogen-bond acceptors (Lipinski definition) is 2. The number of rotatable bonds is 5. The molecule has 1 heterocycles. The van der Waals surface area contributed by atoms with Gasteiger partial charge in [-0.2, -0.15) is 0 Å². The molecule has 1 aromatic carbocycles. The summed E-state index contributed by atoms with van der Waals surface area (Å²) < 4.78 is 0. The van der Waals surface area contributed by atoms with Gasteiger partial charge in [0.1, 0.15) is 5.75 Å². The minimum atomic E-state index is 0.195. The summed E-state index contributed by atoms with van der Waals surface area (Å²) in [4.78, 5) is 2.67. The molecule has 0 bridgehead atoms. The standard InChI is InChI=1S/C21H33NO/c1-17-16-22(13-6-9-18-7-3-4-8-18)14-12-21(17,2)19-10-5-11-20(23)15-19/h5,10-11,15,17-18,23H,3-4,6-9,12-14,16H2,1-2H3/t17-,21+/m1/s1. The Morgan fingerprint density at radius 2 is 2.04 bits per heavy atom. The minimum Gasteiger partial charge on any atom is -0.508 e. The maximum absolute atomic E-state index is 9.81.